The summed E-state index contributed by atoms with van der Waals surface area (Å²) < 4.78 is 0. The Hall–Kier alpha value is -1.69. The average Bonchev–Trinajstić information content (AvgIpc) is 2.45. The summed E-state index contributed by atoms with van der Waals surface area (Å²) in [4.78, 5) is 13.3. The van der Waals surface area contributed by atoms with Crippen LogP contribution in [0.2, 0.25) is 0 Å². The topological polar surface area (TPSA) is 81.1 Å². The number of dihydropyridines is 1. The first-order chi connectivity index (χ1) is 10.4. The van der Waals surface area contributed by atoms with Crippen LogP contribution in [-0.2, 0) is 0 Å². The van der Waals surface area contributed by atoms with E-state index in [9.17, 15) is 0 Å². The first-order valence-corrected chi connectivity index (χ1v) is 7.96. The molecular weight excluding hydrogens is 276 g/mol. The minimum Gasteiger partial charge on any atom is -0.387 e. The van der Waals surface area contributed by atoms with Crippen molar-refractivity contribution in [3.8, 4) is 0 Å². The van der Waals surface area contributed by atoms with Crippen molar-refractivity contribution in [2.45, 2.75) is 33.2 Å². The molecule has 2 rings (SSSR count). The molecule has 6 nitrogen and oxygen atoms in total. The average molecular weight is 304 g/mol. The Bertz CT molecular complexity index is 511. The molecule has 2 unspecified atom stereocenters. The van der Waals surface area contributed by atoms with E-state index < -0.39 is 0 Å². The third-order valence-electron chi connectivity index (χ3n) is 4.63. The van der Waals surface area contributed by atoms with E-state index in [4.69, 9.17) is 11.1 Å². The molecule has 6 heteroatoms. The van der Waals surface area contributed by atoms with Crippen molar-refractivity contribution < 1.29 is 0 Å². The molecule has 2 heterocycles. The molecule has 2 aliphatic heterocycles. The van der Waals surface area contributed by atoms with Crippen LogP contribution in [0.1, 0.15) is 27.2 Å². The minimum absolute atomic E-state index is 0.230. The molecule has 2 atom stereocenters. The summed E-state index contributed by atoms with van der Waals surface area (Å²) in [6.45, 7) is 10.1. The van der Waals surface area contributed by atoms with E-state index in [-0.39, 0.29) is 6.04 Å². The van der Waals surface area contributed by atoms with Crippen LogP contribution >= 0.6 is 0 Å². The van der Waals surface area contributed by atoms with Gasteiger partial charge in [0.15, 0.2) is 0 Å². The third kappa shape index (κ3) is 4.16. The van der Waals surface area contributed by atoms with Crippen molar-refractivity contribution >= 4 is 17.5 Å². The van der Waals surface area contributed by atoms with Gasteiger partial charge in [0.2, 0.25) is 0 Å². The van der Waals surface area contributed by atoms with Crippen molar-refractivity contribution in [1.29, 1.82) is 5.41 Å². The Morgan fingerprint density at radius 2 is 2.00 bits per heavy atom. The number of hydrogen-bond donors (Lipinski definition) is 2. The van der Waals surface area contributed by atoms with Crippen LogP contribution < -0.4 is 5.73 Å². The summed E-state index contributed by atoms with van der Waals surface area (Å²) in [6, 6.07) is 0.230. The van der Waals surface area contributed by atoms with Crippen LogP contribution in [0.15, 0.2) is 21.6 Å². The second-order valence-corrected chi connectivity index (χ2v) is 6.42. The second-order valence-electron chi connectivity index (χ2n) is 6.42. The van der Waals surface area contributed by atoms with E-state index in [1.807, 2.05) is 6.08 Å². The zero-order chi connectivity index (χ0) is 16.3. The van der Waals surface area contributed by atoms with E-state index in [0.717, 1.165) is 26.2 Å². The Morgan fingerprint density at radius 1 is 1.36 bits per heavy atom. The van der Waals surface area contributed by atoms with Gasteiger partial charge in [-0.15, -0.1) is 0 Å². The molecule has 2 aliphatic rings. The van der Waals surface area contributed by atoms with Crippen molar-refractivity contribution in [3.63, 3.8) is 0 Å². The molecule has 122 valence electrons. The van der Waals surface area contributed by atoms with Gasteiger partial charge in [-0.2, -0.15) is 0 Å². The summed E-state index contributed by atoms with van der Waals surface area (Å²) in [7, 11) is 2.11. The summed E-state index contributed by atoms with van der Waals surface area (Å²) in [5.41, 5.74) is 7.31. The number of rotatable bonds is 2. The fourth-order valence-corrected chi connectivity index (χ4v) is 2.68. The maximum Gasteiger partial charge on any atom is 0.149 e. The maximum atomic E-state index is 8.20. The van der Waals surface area contributed by atoms with Gasteiger partial charge >= 0.3 is 0 Å². The fourth-order valence-electron chi connectivity index (χ4n) is 2.68. The van der Waals surface area contributed by atoms with Gasteiger partial charge in [0.05, 0.1) is 12.5 Å². The Kier molecular flexibility index (Phi) is 5.34. The van der Waals surface area contributed by atoms with Gasteiger partial charge < -0.3 is 15.5 Å². The number of nitrogens with zero attached hydrogens (tertiary/aromatic N) is 4. The van der Waals surface area contributed by atoms with Gasteiger partial charge in [0, 0.05) is 26.2 Å². The van der Waals surface area contributed by atoms with Crippen molar-refractivity contribution in [3.05, 3.63) is 11.6 Å². The van der Waals surface area contributed by atoms with Gasteiger partial charge in [0.25, 0.3) is 0 Å². The monoisotopic (exact) mass is 304 g/mol. The van der Waals surface area contributed by atoms with Crippen LogP contribution in [0, 0.1) is 11.3 Å². The zero-order valence-electron chi connectivity index (χ0n) is 14.1. The minimum atomic E-state index is 0.230. The smallest absolute Gasteiger partial charge is 0.149 e. The molecule has 22 heavy (non-hydrogen) atoms. The quantitative estimate of drug-likeness (QED) is 0.597. The Labute approximate surface area is 133 Å². The van der Waals surface area contributed by atoms with Gasteiger partial charge in [-0.25, -0.2) is 4.99 Å². The standard InChI is InChI=1S/C16H28N6/c1-11-9-16(19-13(3)12(11)2)20-14(17)10-15(18)22-7-5-21(4)6-8-22/h9,12-13,18H,5-8,10H2,1-4H3,(H2,17,19,20). The highest BCUT2D eigenvalue weighted by molar-refractivity contribution is 6.08. The van der Waals surface area contributed by atoms with Gasteiger partial charge in [0.1, 0.15) is 17.5 Å². The summed E-state index contributed by atoms with van der Waals surface area (Å²) in [5.74, 6) is 2.15. The molecule has 0 aromatic rings. The van der Waals surface area contributed by atoms with Crippen LogP contribution in [0.4, 0.5) is 0 Å². The van der Waals surface area contributed by atoms with E-state index in [2.05, 4.69) is 47.6 Å². The van der Waals surface area contributed by atoms with E-state index in [1.165, 1.54) is 5.57 Å². The van der Waals surface area contributed by atoms with Crippen molar-refractivity contribution in [1.82, 2.24) is 9.80 Å². The molecule has 0 amide bonds. The van der Waals surface area contributed by atoms with Crippen LogP contribution in [0.5, 0.6) is 0 Å². The number of piperazine rings is 1. The molecule has 3 N–H and O–H groups in total. The lowest BCUT2D eigenvalue weighted by atomic mass is 9.93. The van der Waals surface area contributed by atoms with E-state index in [1.54, 1.807) is 0 Å². The summed E-state index contributed by atoms with van der Waals surface area (Å²) >= 11 is 0. The highest BCUT2D eigenvalue weighted by atomic mass is 15.3. The van der Waals surface area contributed by atoms with Crippen LogP contribution in [0.3, 0.4) is 0 Å². The molecule has 0 spiro atoms. The fraction of sp³-hybridized carbons (Fsp3) is 0.688. The molecule has 0 radical (unpaired) electrons. The van der Waals surface area contributed by atoms with Crippen LogP contribution in [-0.4, -0.2) is 66.6 Å². The van der Waals surface area contributed by atoms with Gasteiger partial charge in [-0.1, -0.05) is 12.5 Å². The lowest BCUT2D eigenvalue weighted by Crippen LogP contribution is -2.47. The first kappa shape index (κ1) is 16.7. The number of amidine groups is 3. The largest absolute Gasteiger partial charge is 0.387 e. The molecular formula is C16H28N6. The Balaban J connectivity index is 1.95. The van der Waals surface area contributed by atoms with Crippen molar-refractivity contribution in [2.75, 3.05) is 33.2 Å². The lowest BCUT2D eigenvalue weighted by Gasteiger charge is -2.34. The Morgan fingerprint density at radius 3 is 2.59 bits per heavy atom. The summed E-state index contributed by atoms with van der Waals surface area (Å²) in [6.07, 6.45) is 2.39. The number of nitrogens with one attached hydrogen (secondary N) is 1. The third-order valence-corrected chi connectivity index (χ3v) is 4.63. The normalized spacial score (nSPS) is 27.5. The number of likely N-dealkylation sites (N-methyl/N-ethyl adjacent to an activating group) is 1. The van der Waals surface area contributed by atoms with Gasteiger partial charge in [-0.3, -0.25) is 10.4 Å². The van der Waals surface area contributed by atoms with Crippen molar-refractivity contribution in [2.24, 2.45) is 21.6 Å². The highest BCUT2D eigenvalue weighted by Crippen LogP contribution is 2.21. The molecule has 0 bridgehead atoms. The molecule has 0 aliphatic carbocycles. The van der Waals surface area contributed by atoms with E-state index in [0.29, 0.717) is 29.8 Å². The predicted octanol–water partition coefficient (Wildman–Crippen LogP) is 1.34. The van der Waals surface area contributed by atoms with E-state index >= 15 is 0 Å². The number of aliphatic imine (C=N–C) groups is 2. The van der Waals surface area contributed by atoms with Gasteiger partial charge in [-0.05, 0) is 32.9 Å². The number of hydrogen-bond acceptors (Lipinski definition) is 4. The summed E-state index contributed by atoms with van der Waals surface area (Å²) in [5, 5.41) is 8.20. The lowest BCUT2D eigenvalue weighted by molar-refractivity contribution is 0.213. The number of nitrogens with two attached hydrogens (primary N) is 1. The van der Waals surface area contributed by atoms with Crippen LogP contribution in [0.25, 0.3) is 0 Å². The predicted molar refractivity (Wildman–Crippen MR) is 92.9 cm³/mol. The molecule has 0 aromatic carbocycles. The maximum absolute atomic E-state index is 8.20. The molecule has 0 saturated carbocycles. The highest BCUT2D eigenvalue weighted by Gasteiger charge is 2.20. The molecule has 0 aromatic heterocycles. The SMILES string of the molecule is CC1=CC(N=C(N)CC(=N)N2CCN(C)CC2)=NC(C)C1C. The molecule has 1 fully saturated rings. The first-order valence-electron chi connectivity index (χ1n) is 7.96. The molecule has 1 saturated heterocycles. The second kappa shape index (κ2) is 7.05. The zero-order valence-corrected chi connectivity index (χ0v) is 14.1.